The maximum atomic E-state index is 12.9. The minimum atomic E-state index is -0.0341. The van der Waals surface area contributed by atoms with Crippen LogP contribution in [0.3, 0.4) is 0 Å². The van der Waals surface area contributed by atoms with Crippen LogP contribution in [0.1, 0.15) is 58.1 Å². The van der Waals surface area contributed by atoms with Gasteiger partial charge in [-0.1, -0.05) is 6.92 Å². The Bertz CT molecular complexity index is 776. The minimum Gasteiger partial charge on any atom is -0.495 e. The van der Waals surface area contributed by atoms with Crippen molar-refractivity contribution in [2.24, 2.45) is 5.92 Å². The Balaban J connectivity index is 1.47. The van der Waals surface area contributed by atoms with Crippen LogP contribution in [-0.2, 0) is 12.8 Å². The van der Waals surface area contributed by atoms with Crippen molar-refractivity contribution in [2.45, 2.75) is 45.1 Å². The van der Waals surface area contributed by atoms with Gasteiger partial charge in [0.15, 0.2) is 0 Å². The molecule has 2 aromatic rings. The fourth-order valence-electron chi connectivity index (χ4n) is 4.24. The first-order valence-corrected chi connectivity index (χ1v) is 10.7. The maximum absolute atomic E-state index is 12.9. The molecule has 0 radical (unpaired) electrons. The lowest BCUT2D eigenvalue weighted by molar-refractivity contribution is 0.0897. The van der Waals surface area contributed by atoms with Gasteiger partial charge in [-0.05, 0) is 63.2 Å². The number of methoxy groups -OCH3 is 1. The third kappa shape index (κ3) is 3.78. The number of likely N-dealkylation sites (tertiary alicyclic amines) is 1. The Kier molecular flexibility index (Phi) is 5.55. The number of furan rings is 1. The van der Waals surface area contributed by atoms with Crippen LogP contribution in [0.15, 0.2) is 22.8 Å². The monoisotopic (exact) mass is 388 g/mol. The zero-order chi connectivity index (χ0) is 18.8. The Labute approximate surface area is 164 Å². The molecule has 1 amide bonds. The number of thiophene rings is 1. The Morgan fingerprint density at radius 2 is 2.22 bits per heavy atom. The van der Waals surface area contributed by atoms with Gasteiger partial charge in [-0.25, -0.2) is 0 Å². The Morgan fingerprint density at radius 1 is 1.41 bits per heavy atom. The van der Waals surface area contributed by atoms with Crippen LogP contribution in [0.25, 0.3) is 0 Å². The largest absolute Gasteiger partial charge is 0.495 e. The van der Waals surface area contributed by atoms with Crippen LogP contribution in [0, 0.1) is 5.92 Å². The van der Waals surface area contributed by atoms with Crippen LogP contribution in [0.4, 0.5) is 0 Å². The van der Waals surface area contributed by atoms with E-state index in [9.17, 15) is 4.79 Å². The molecule has 0 bridgehead atoms. The lowest BCUT2D eigenvalue weighted by Gasteiger charge is -2.35. The van der Waals surface area contributed by atoms with Gasteiger partial charge < -0.3 is 14.5 Å². The third-order valence-electron chi connectivity index (χ3n) is 5.87. The molecule has 1 unspecified atom stereocenters. The summed E-state index contributed by atoms with van der Waals surface area (Å²) in [5, 5.41) is 3.15. The number of nitrogens with one attached hydrogen (secondary N) is 1. The van der Waals surface area contributed by atoms with Gasteiger partial charge in [-0.3, -0.25) is 9.69 Å². The molecule has 0 aromatic carbocycles. The molecule has 1 aliphatic carbocycles. The smallest absolute Gasteiger partial charge is 0.265 e. The Morgan fingerprint density at radius 3 is 2.93 bits per heavy atom. The zero-order valence-corrected chi connectivity index (χ0v) is 16.9. The molecule has 1 N–H and O–H groups in total. The number of hydrogen-bond acceptors (Lipinski definition) is 5. The molecule has 3 heterocycles. The zero-order valence-electron chi connectivity index (χ0n) is 16.1. The van der Waals surface area contributed by atoms with Crippen molar-refractivity contribution in [3.63, 3.8) is 0 Å². The summed E-state index contributed by atoms with van der Waals surface area (Å²) in [5.41, 5.74) is 1.24. The SMILES string of the molecule is COc1c(C(=O)NCC(c2ccco2)N2CCC(C)CC2)sc2c1CCC2. The van der Waals surface area contributed by atoms with E-state index in [1.807, 2.05) is 12.1 Å². The summed E-state index contributed by atoms with van der Waals surface area (Å²) < 4.78 is 11.3. The van der Waals surface area contributed by atoms with Crippen LogP contribution < -0.4 is 10.1 Å². The number of carbonyl (C=O) groups excluding carboxylic acids is 1. The van der Waals surface area contributed by atoms with Gasteiger partial charge in [0, 0.05) is 17.0 Å². The van der Waals surface area contributed by atoms with E-state index >= 15 is 0 Å². The van der Waals surface area contributed by atoms with Crippen molar-refractivity contribution in [3.8, 4) is 5.75 Å². The predicted octanol–water partition coefficient (Wildman–Crippen LogP) is 4.04. The van der Waals surface area contributed by atoms with Crippen molar-refractivity contribution < 1.29 is 13.9 Å². The van der Waals surface area contributed by atoms with Gasteiger partial charge in [0.05, 0.1) is 19.4 Å². The number of fused-ring (bicyclic) bond motifs is 1. The molecule has 146 valence electrons. The number of hydrogen-bond donors (Lipinski definition) is 1. The van der Waals surface area contributed by atoms with Crippen LogP contribution in [-0.4, -0.2) is 37.6 Å². The van der Waals surface area contributed by atoms with Crippen molar-refractivity contribution in [2.75, 3.05) is 26.7 Å². The average molecular weight is 389 g/mol. The fourth-order valence-corrected chi connectivity index (χ4v) is 5.52. The van der Waals surface area contributed by atoms with Crippen molar-refractivity contribution in [1.82, 2.24) is 10.2 Å². The van der Waals surface area contributed by atoms with Gasteiger partial charge in [-0.2, -0.15) is 0 Å². The second-order valence-corrected chi connectivity index (χ2v) is 8.78. The summed E-state index contributed by atoms with van der Waals surface area (Å²) in [7, 11) is 1.66. The predicted molar refractivity (Wildman–Crippen MR) is 107 cm³/mol. The molecule has 1 atom stereocenters. The summed E-state index contributed by atoms with van der Waals surface area (Å²) in [5.74, 6) is 2.44. The summed E-state index contributed by atoms with van der Waals surface area (Å²) in [6, 6.07) is 4.01. The molecule has 2 aromatic heterocycles. The molecule has 0 saturated carbocycles. The van der Waals surface area contributed by atoms with E-state index in [-0.39, 0.29) is 11.9 Å². The van der Waals surface area contributed by atoms with Gasteiger partial charge in [0.25, 0.3) is 5.91 Å². The normalized spacial score (nSPS) is 19.0. The van der Waals surface area contributed by atoms with E-state index in [4.69, 9.17) is 9.15 Å². The van der Waals surface area contributed by atoms with Gasteiger partial charge in [0.2, 0.25) is 0 Å². The molecular formula is C21H28N2O3S. The molecule has 5 nitrogen and oxygen atoms in total. The summed E-state index contributed by atoms with van der Waals surface area (Å²) in [6.07, 6.45) is 7.33. The second-order valence-electron chi connectivity index (χ2n) is 7.68. The van der Waals surface area contributed by atoms with Crippen molar-refractivity contribution in [1.29, 1.82) is 0 Å². The number of ether oxygens (including phenoxy) is 1. The molecule has 1 fully saturated rings. The van der Waals surface area contributed by atoms with Crippen LogP contribution in [0.2, 0.25) is 0 Å². The van der Waals surface area contributed by atoms with E-state index in [1.54, 1.807) is 24.7 Å². The van der Waals surface area contributed by atoms with E-state index < -0.39 is 0 Å². The molecule has 1 aliphatic heterocycles. The van der Waals surface area contributed by atoms with Crippen LogP contribution in [0.5, 0.6) is 5.75 Å². The highest BCUT2D eigenvalue weighted by Crippen LogP contribution is 2.40. The number of amides is 1. The van der Waals surface area contributed by atoms with E-state index in [0.29, 0.717) is 11.4 Å². The van der Waals surface area contributed by atoms with Crippen molar-refractivity contribution >= 4 is 17.2 Å². The third-order valence-corrected chi connectivity index (χ3v) is 7.14. The van der Waals surface area contributed by atoms with Gasteiger partial charge in [-0.15, -0.1) is 11.3 Å². The van der Waals surface area contributed by atoms with E-state index in [2.05, 4.69) is 17.1 Å². The highest BCUT2D eigenvalue weighted by Gasteiger charge is 2.29. The Hall–Kier alpha value is -1.79. The second kappa shape index (κ2) is 8.07. The standard InChI is InChI=1S/C21H28N2O3S/c1-14-8-10-23(11-9-14)16(17-6-4-12-26-17)13-22-21(24)20-19(25-2)15-5-3-7-18(15)27-20/h4,6,12,14,16H,3,5,7-11,13H2,1-2H3,(H,22,24). The minimum absolute atomic E-state index is 0.0341. The first-order valence-electron chi connectivity index (χ1n) is 9.91. The highest BCUT2D eigenvalue weighted by atomic mass is 32.1. The van der Waals surface area contributed by atoms with Crippen molar-refractivity contribution in [3.05, 3.63) is 39.5 Å². The molecule has 2 aliphatic rings. The molecule has 1 saturated heterocycles. The first-order chi connectivity index (χ1) is 13.2. The van der Waals surface area contributed by atoms with Gasteiger partial charge >= 0.3 is 0 Å². The first kappa shape index (κ1) is 18.6. The number of carbonyl (C=O) groups is 1. The topological polar surface area (TPSA) is 54.7 Å². The highest BCUT2D eigenvalue weighted by molar-refractivity contribution is 7.14. The lowest BCUT2D eigenvalue weighted by Crippen LogP contribution is -2.41. The number of piperidine rings is 1. The summed E-state index contributed by atoms with van der Waals surface area (Å²) >= 11 is 1.59. The lowest BCUT2D eigenvalue weighted by atomic mass is 9.97. The average Bonchev–Trinajstić information content (AvgIpc) is 3.40. The molecule has 4 rings (SSSR count). The number of nitrogens with zero attached hydrogens (tertiary/aromatic N) is 1. The molecule has 27 heavy (non-hydrogen) atoms. The quantitative estimate of drug-likeness (QED) is 0.811. The van der Waals surface area contributed by atoms with E-state index in [0.717, 1.165) is 49.8 Å². The maximum Gasteiger partial charge on any atom is 0.265 e. The number of aryl methyl sites for hydroxylation is 1. The summed E-state index contributed by atoms with van der Waals surface area (Å²) in [4.78, 5) is 17.4. The molecule has 6 heteroatoms. The van der Waals surface area contributed by atoms with E-state index in [1.165, 1.54) is 23.3 Å². The molecule has 0 spiro atoms. The van der Waals surface area contributed by atoms with Gasteiger partial charge in [0.1, 0.15) is 16.4 Å². The fraction of sp³-hybridized carbons (Fsp3) is 0.571. The van der Waals surface area contributed by atoms with Crippen LogP contribution >= 0.6 is 11.3 Å². The number of rotatable bonds is 6. The molecular weight excluding hydrogens is 360 g/mol. The summed E-state index contributed by atoms with van der Waals surface area (Å²) in [6.45, 7) is 4.94.